The normalized spacial score (nSPS) is 18.6. The fraction of sp³-hybridized carbons (Fsp3) is 0.533. The van der Waals surface area contributed by atoms with Gasteiger partial charge >= 0.3 is 0 Å². The predicted molar refractivity (Wildman–Crippen MR) is 78.6 cm³/mol. The van der Waals surface area contributed by atoms with Gasteiger partial charge in [-0.05, 0) is 6.07 Å². The van der Waals surface area contributed by atoms with E-state index in [0.29, 0.717) is 26.2 Å². The van der Waals surface area contributed by atoms with Crippen molar-refractivity contribution in [2.45, 2.75) is 6.42 Å². The van der Waals surface area contributed by atoms with Gasteiger partial charge in [-0.15, -0.1) is 0 Å². The number of carbonyl (C=O) groups is 1. The van der Waals surface area contributed by atoms with Crippen LogP contribution >= 0.6 is 0 Å². The number of carbonyl (C=O) groups excluding carboxylic acids is 1. The summed E-state index contributed by atoms with van der Waals surface area (Å²) in [6, 6.07) is 1.10. The molecule has 0 unspecified atom stereocenters. The summed E-state index contributed by atoms with van der Waals surface area (Å²) in [5.41, 5.74) is -0.0452. The van der Waals surface area contributed by atoms with Gasteiger partial charge in [0.2, 0.25) is 0 Å². The minimum atomic E-state index is -0.751. The molecule has 2 aliphatic rings. The lowest BCUT2D eigenvalue weighted by molar-refractivity contribution is 0.0978. The number of ketones is 1. The summed E-state index contributed by atoms with van der Waals surface area (Å²) in [7, 11) is 0. The molecule has 0 aromatic heterocycles. The fourth-order valence-electron chi connectivity index (χ4n) is 3.11. The Balaban J connectivity index is 2.09. The highest BCUT2D eigenvalue weighted by Gasteiger charge is 2.32. The van der Waals surface area contributed by atoms with Crippen LogP contribution in [-0.4, -0.2) is 51.7 Å². The number of alkyl halides is 1. The SMILES string of the molecule is O=C1CCN(CCF)c2c1cc(F)c(N1CCNCC1)c2F. The van der Waals surface area contributed by atoms with Crippen LogP contribution in [0.2, 0.25) is 0 Å². The minimum absolute atomic E-state index is 0.00380. The Morgan fingerprint density at radius 1 is 1.14 bits per heavy atom. The third-order valence-electron chi connectivity index (χ3n) is 4.18. The van der Waals surface area contributed by atoms with Gasteiger partial charge in [0.25, 0.3) is 0 Å². The molecule has 4 nitrogen and oxygen atoms in total. The summed E-state index contributed by atoms with van der Waals surface area (Å²) in [5, 5.41) is 3.12. The summed E-state index contributed by atoms with van der Waals surface area (Å²) >= 11 is 0. The van der Waals surface area contributed by atoms with Crippen molar-refractivity contribution in [2.75, 3.05) is 55.7 Å². The van der Waals surface area contributed by atoms with Crippen LogP contribution in [0.3, 0.4) is 0 Å². The van der Waals surface area contributed by atoms with Crippen molar-refractivity contribution >= 4 is 17.2 Å². The molecular formula is C15H18F3N3O. The highest BCUT2D eigenvalue weighted by atomic mass is 19.1. The van der Waals surface area contributed by atoms with Gasteiger partial charge in [-0.1, -0.05) is 0 Å². The van der Waals surface area contributed by atoms with Crippen molar-refractivity contribution in [1.29, 1.82) is 0 Å². The van der Waals surface area contributed by atoms with Crippen LogP contribution in [0.4, 0.5) is 24.5 Å². The molecule has 1 aromatic carbocycles. The van der Waals surface area contributed by atoms with E-state index in [2.05, 4.69) is 5.32 Å². The Morgan fingerprint density at radius 3 is 2.55 bits per heavy atom. The van der Waals surface area contributed by atoms with Gasteiger partial charge in [-0.3, -0.25) is 4.79 Å². The van der Waals surface area contributed by atoms with E-state index in [1.807, 2.05) is 0 Å². The quantitative estimate of drug-likeness (QED) is 0.922. The number of fused-ring (bicyclic) bond motifs is 1. The zero-order valence-electron chi connectivity index (χ0n) is 12.2. The second kappa shape index (κ2) is 6.16. The van der Waals surface area contributed by atoms with Crippen molar-refractivity contribution in [1.82, 2.24) is 5.32 Å². The number of rotatable bonds is 3. The van der Waals surface area contributed by atoms with Gasteiger partial charge in [-0.2, -0.15) is 0 Å². The van der Waals surface area contributed by atoms with Crippen LogP contribution in [0.5, 0.6) is 0 Å². The second-order valence-electron chi connectivity index (χ2n) is 5.50. The lowest BCUT2D eigenvalue weighted by Gasteiger charge is -2.34. The lowest BCUT2D eigenvalue weighted by Crippen LogP contribution is -2.44. The van der Waals surface area contributed by atoms with E-state index >= 15 is 0 Å². The molecule has 1 aromatic rings. The van der Waals surface area contributed by atoms with E-state index < -0.39 is 18.3 Å². The number of piperazine rings is 1. The predicted octanol–water partition coefficient (Wildman–Crippen LogP) is 1.74. The van der Waals surface area contributed by atoms with Gasteiger partial charge in [-0.25, -0.2) is 13.2 Å². The molecule has 22 heavy (non-hydrogen) atoms. The first kappa shape index (κ1) is 15.1. The van der Waals surface area contributed by atoms with Gasteiger partial charge in [0.05, 0.1) is 5.69 Å². The van der Waals surface area contributed by atoms with E-state index in [9.17, 15) is 18.0 Å². The zero-order chi connectivity index (χ0) is 15.7. The van der Waals surface area contributed by atoms with Crippen LogP contribution in [0.1, 0.15) is 16.8 Å². The van der Waals surface area contributed by atoms with Gasteiger partial charge in [0.1, 0.15) is 18.2 Å². The van der Waals surface area contributed by atoms with Crippen molar-refractivity contribution in [3.05, 3.63) is 23.3 Å². The first-order chi connectivity index (χ1) is 10.6. The zero-order valence-corrected chi connectivity index (χ0v) is 12.2. The third kappa shape index (κ3) is 2.54. The molecule has 0 amide bonds. The maximum Gasteiger partial charge on any atom is 0.173 e. The molecule has 120 valence electrons. The van der Waals surface area contributed by atoms with Gasteiger partial charge in [0, 0.05) is 51.3 Å². The average Bonchev–Trinajstić information content (AvgIpc) is 2.51. The van der Waals surface area contributed by atoms with Gasteiger partial charge in [0.15, 0.2) is 11.6 Å². The highest BCUT2D eigenvalue weighted by molar-refractivity contribution is 6.04. The summed E-state index contributed by atoms with van der Waals surface area (Å²) in [6.45, 7) is 1.89. The van der Waals surface area contributed by atoms with Crippen molar-refractivity contribution < 1.29 is 18.0 Å². The molecule has 2 heterocycles. The van der Waals surface area contributed by atoms with E-state index in [0.717, 1.165) is 6.07 Å². The molecule has 7 heteroatoms. The number of benzene rings is 1. The second-order valence-corrected chi connectivity index (χ2v) is 5.50. The van der Waals surface area contributed by atoms with Crippen LogP contribution in [0.25, 0.3) is 0 Å². The molecule has 1 fully saturated rings. The maximum atomic E-state index is 14.9. The molecule has 1 N–H and O–H groups in total. The molecule has 0 radical (unpaired) electrons. The molecule has 0 saturated carbocycles. The Hall–Kier alpha value is -1.76. The number of hydrogen-bond acceptors (Lipinski definition) is 4. The smallest absolute Gasteiger partial charge is 0.173 e. The largest absolute Gasteiger partial charge is 0.365 e. The molecular weight excluding hydrogens is 295 g/mol. The highest BCUT2D eigenvalue weighted by Crippen LogP contribution is 2.37. The minimum Gasteiger partial charge on any atom is -0.365 e. The van der Waals surface area contributed by atoms with Crippen molar-refractivity contribution in [3.8, 4) is 0 Å². The monoisotopic (exact) mass is 313 g/mol. The number of halogens is 3. The van der Waals surface area contributed by atoms with E-state index in [4.69, 9.17) is 0 Å². The van der Waals surface area contributed by atoms with Gasteiger partial charge < -0.3 is 15.1 Å². The van der Waals surface area contributed by atoms with Crippen LogP contribution in [0, 0.1) is 11.6 Å². The maximum absolute atomic E-state index is 14.9. The van der Waals surface area contributed by atoms with Crippen molar-refractivity contribution in [2.24, 2.45) is 0 Å². The van der Waals surface area contributed by atoms with E-state index in [1.54, 1.807) is 4.90 Å². The molecule has 2 aliphatic heterocycles. The number of hydrogen-bond donors (Lipinski definition) is 1. The topological polar surface area (TPSA) is 35.6 Å². The molecule has 0 aliphatic carbocycles. The average molecular weight is 313 g/mol. The molecule has 1 saturated heterocycles. The van der Waals surface area contributed by atoms with E-state index in [-0.39, 0.29) is 42.2 Å². The van der Waals surface area contributed by atoms with Crippen LogP contribution in [-0.2, 0) is 0 Å². The number of nitrogens with one attached hydrogen (secondary N) is 1. The van der Waals surface area contributed by atoms with Crippen LogP contribution < -0.4 is 15.1 Å². The molecule has 3 rings (SSSR count). The molecule has 0 atom stereocenters. The number of Topliss-reactive ketones (excluding diaryl/α,β-unsaturated/α-hetero) is 1. The summed E-state index contributed by atoms with van der Waals surface area (Å²) < 4.78 is 42.0. The Kier molecular flexibility index (Phi) is 4.24. The van der Waals surface area contributed by atoms with Crippen molar-refractivity contribution in [3.63, 3.8) is 0 Å². The third-order valence-corrected chi connectivity index (χ3v) is 4.18. The fourth-order valence-corrected chi connectivity index (χ4v) is 3.11. The summed E-state index contributed by atoms with van der Waals surface area (Å²) in [5.74, 6) is -1.78. The first-order valence-electron chi connectivity index (χ1n) is 7.45. The van der Waals surface area contributed by atoms with Crippen LogP contribution in [0.15, 0.2) is 6.07 Å². The molecule has 0 spiro atoms. The number of anilines is 2. The Labute approximate surface area is 126 Å². The van der Waals surface area contributed by atoms with E-state index in [1.165, 1.54) is 4.90 Å². The standard InChI is InChI=1S/C15H18F3N3O/c16-2-6-20-5-1-12(22)10-9-11(17)15(13(18)14(10)20)21-7-3-19-4-8-21/h9,19H,1-8H2. The first-order valence-corrected chi connectivity index (χ1v) is 7.45. The lowest BCUT2D eigenvalue weighted by atomic mass is 9.98. The Bertz CT molecular complexity index is 588. The molecule has 0 bridgehead atoms. The number of nitrogens with zero attached hydrogens (tertiary/aromatic N) is 2. The summed E-state index contributed by atoms with van der Waals surface area (Å²) in [4.78, 5) is 15.1. The summed E-state index contributed by atoms with van der Waals surface area (Å²) in [6.07, 6.45) is 0.152. The Morgan fingerprint density at radius 2 is 1.86 bits per heavy atom.